The fourth-order valence-electron chi connectivity index (χ4n) is 6.90. The molecule has 0 aliphatic carbocycles. The summed E-state index contributed by atoms with van der Waals surface area (Å²) in [5, 5.41) is 20.2. The highest BCUT2D eigenvalue weighted by Crippen LogP contribution is 2.64. The number of aliphatic hydroxyl groups is 1. The summed E-state index contributed by atoms with van der Waals surface area (Å²) in [5.41, 5.74) is -0.542. The number of likely N-dealkylation sites (tertiary alicyclic amines) is 1. The molecule has 6 atom stereocenters. The first-order chi connectivity index (χ1) is 17.7. The molecular weight excluding hydrogens is 474 g/mol. The van der Waals surface area contributed by atoms with Gasteiger partial charge in [0, 0.05) is 31.0 Å². The van der Waals surface area contributed by atoms with E-state index in [1.807, 2.05) is 31.2 Å². The molecule has 2 unspecified atom stereocenters. The van der Waals surface area contributed by atoms with Crippen molar-refractivity contribution in [3.8, 4) is 0 Å². The highest BCUT2D eigenvalue weighted by molar-refractivity contribution is 6.05. The number of aliphatic hydroxyl groups excluding tert-OH is 1. The number of hydrogen-bond acceptors (Lipinski definition) is 6. The summed E-state index contributed by atoms with van der Waals surface area (Å²) < 4.78 is 6.56. The molecular formula is C28H39N3O6. The second kappa shape index (κ2) is 10.1. The normalized spacial score (nSPS) is 30.8. The molecule has 4 rings (SSSR count). The van der Waals surface area contributed by atoms with Crippen LogP contribution in [0.3, 0.4) is 0 Å². The zero-order valence-corrected chi connectivity index (χ0v) is 22.2. The quantitative estimate of drug-likeness (QED) is 0.438. The van der Waals surface area contributed by atoms with Crippen LogP contribution in [0.5, 0.6) is 0 Å². The summed E-state index contributed by atoms with van der Waals surface area (Å²) in [7, 11) is 0. The van der Waals surface area contributed by atoms with Crippen LogP contribution < -0.4 is 9.80 Å². The standard InChI is InChI=1S/C28H39N3O6/c1-6-16-30(20-12-10-19(11-13-20)29(8-3)9-4)25(34)23-28-15-14-27(7-2,37-28)22(26(35)36)21(28)24(33)31(23)18(5)17-32/h6,10-13,18,21-23,32H,1,7-9,14-17H2,2-5H3,(H,35,36)/t18-,21+,22-,23?,27+,28?/m1/s1. The van der Waals surface area contributed by atoms with E-state index in [0.717, 1.165) is 18.8 Å². The van der Waals surface area contributed by atoms with Gasteiger partial charge in [-0.15, -0.1) is 6.58 Å². The van der Waals surface area contributed by atoms with Gasteiger partial charge in [-0.3, -0.25) is 14.4 Å². The van der Waals surface area contributed by atoms with Gasteiger partial charge in [-0.2, -0.15) is 0 Å². The van der Waals surface area contributed by atoms with Gasteiger partial charge >= 0.3 is 5.97 Å². The molecule has 3 saturated heterocycles. The highest BCUT2D eigenvalue weighted by atomic mass is 16.5. The van der Waals surface area contributed by atoms with Gasteiger partial charge in [0.05, 0.1) is 24.2 Å². The number of amides is 2. The van der Waals surface area contributed by atoms with Crippen molar-refractivity contribution in [1.82, 2.24) is 4.90 Å². The molecule has 1 spiro atoms. The second-order valence-electron chi connectivity index (χ2n) is 10.4. The SMILES string of the molecule is C=CCN(C(=O)C1N([C@H](C)CO)C(=O)[C@@H]2[C@H](C(=O)O)[C@]3(CC)CCC12O3)c1ccc(N(CC)CC)cc1. The molecule has 0 aromatic heterocycles. The summed E-state index contributed by atoms with van der Waals surface area (Å²) >= 11 is 0. The van der Waals surface area contributed by atoms with Gasteiger partial charge in [0.2, 0.25) is 5.91 Å². The molecule has 2 amide bonds. The second-order valence-corrected chi connectivity index (χ2v) is 10.4. The number of ether oxygens (including phenoxy) is 1. The Bertz CT molecular complexity index is 1060. The summed E-state index contributed by atoms with van der Waals surface area (Å²) in [6.07, 6.45) is 2.95. The highest BCUT2D eigenvalue weighted by Gasteiger charge is 2.79. The zero-order valence-electron chi connectivity index (χ0n) is 22.2. The van der Waals surface area contributed by atoms with Crippen molar-refractivity contribution in [2.45, 2.75) is 70.2 Å². The predicted molar refractivity (Wildman–Crippen MR) is 140 cm³/mol. The minimum absolute atomic E-state index is 0.206. The third kappa shape index (κ3) is 3.94. The Morgan fingerprint density at radius 1 is 1.19 bits per heavy atom. The van der Waals surface area contributed by atoms with Gasteiger partial charge in [0.1, 0.15) is 17.6 Å². The molecule has 3 aliphatic heterocycles. The van der Waals surface area contributed by atoms with Crippen LogP contribution in [0.25, 0.3) is 0 Å². The molecule has 2 bridgehead atoms. The number of nitrogens with zero attached hydrogens (tertiary/aromatic N) is 3. The number of fused-ring (bicyclic) bond motifs is 1. The number of rotatable bonds is 11. The number of hydrogen-bond donors (Lipinski definition) is 2. The summed E-state index contributed by atoms with van der Waals surface area (Å²) in [4.78, 5) is 45.8. The van der Waals surface area contributed by atoms with E-state index in [1.165, 1.54) is 4.90 Å². The maximum atomic E-state index is 14.4. The van der Waals surface area contributed by atoms with Crippen LogP contribution in [0.2, 0.25) is 0 Å². The van der Waals surface area contributed by atoms with Crippen LogP contribution in [0.1, 0.15) is 47.0 Å². The van der Waals surface area contributed by atoms with Gasteiger partial charge in [-0.05, 0) is 64.3 Å². The van der Waals surface area contributed by atoms with Crippen molar-refractivity contribution in [3.05, 3.63) is 36.9 Å². The average molecular weight is 514 g/mol. The maximum Gasteiger partial charge on any atom is 0.310 e. The topological polar surface area (TPSA) is 111 Å². The monoisotopic (exact) mass is 513 g/mol. The lowest BCUT2D eigenvalue weighted by Crippen LogP contribution is -2.58. The first-order valence-corrected chi connectivity index (χ1v) is 13.3. The van der Waals surface area contributed by atoms with Crippen LogP contribution >= 0.6 is 0 Å². The van der Waals surface area contributed by atoms with Gasteiger partial charge in [0.25, 0.3) is 5.91 Å². The molecule has 202 valence electrons. The van der Waals surface area contributed by atoms with Gasteiger partial charge < -0.3 is 29.6 Å². The lowest BCUT2D eigenvalue weighted by molar-refractivity contribution is -0.157. The van der Waals surface area contributed by atoms with Gasteiger partial charge in [0.15, 0.2) is 0 Å². The Morgan fingerprint density at radius 3 is 2.32 bits per heavy atom. The number of carbonyl (C=O) groups excluding carboxylic acids is 2. The number of carboxylic acids is 1. The molecule has 37 heavy (non-hydrogen) atoms. The predicted octanol–water partition coefficient (Wildman–Crippen LogP) is 2.67. The lowest BCUT2D eigenvalue weighted by Gasteiger charge is -2.38. The fraction of sp³-hybridized carbons (Fsp3) is 0.607. The Labute approximate surface area is 218 Å². The molecule has 1 aromatic rings. The van der Waals surface area contributed by atoms with Crippen LogP contribution in [-0.2, 0) is 19.1 Å². The fourth-order valence-corrected chi connectivity index (χ4v) is 6.90. The summed E-state index contributed by atoms with van der Waals surface area (Å²) in [5.74, 6) is -3.88. The van der Waals surface area contributed by atoms with E-state index in [-0.39, 0.29) is 19.1 Å². The number of carboxylic acid groups (broad SMARTS) is 1. The third-order valence-electron chi connectivity index (χ3n) is 8.73. The molecule has 9 heteroatoms. The number of anilines is 2. The number of benzene rings is 1. The number of carbonyl (C=O) groups is 3. The Hall–Kier alpha value is -2.91. The van der Waals surface area contributed by atoms with Crippen molar-refractivity contribution < 1.29 is 29.3 Å². The van der Waals surface area contributed by atoms with Crippen molar-refractivity contribution in [2.24, 2.45) is 11.8 Å². The molecule has 2 N–H and O–H groups in total. The molecule has 9 nitrogen and oxygen atoms in total. The minimum Gasteiger partial charge on any atom is -0.481 e. The van der Waals surface area contributed by atoms with E-state index in [0.29, 0.717) is 24.9 Å². The van der Waals surface area contributed by atoms with E-state index in [2.05, 4.69) is 25.3 Å². The molecule has 0 radical (unpaired) electrons. The Balaban J connectivity index is 1.79. The van der Waals surface area contributed by atoms with Crippen molar-refractivity contribution >= 4 is 29.2 Å². The van der Waals surface area contributed by atoms with E-state index in [9.17, 15) is 24.6 Å². The van der Waals surface area contributed by atoms with Crippen LogP contribution in [-0.4, -0.2) is 82.4 Å². The molecule has 3 fully saturated rings. The van der Waals surface area contributed by atoms with E-state index >= 15 is 0 Å². The van der Waals surface area contributed by atoms with Crippen LogP contribution in [0, 0.1) is 11.8 Å². The molecule has 1 aromatic carbocycles. The van der Waals surface area contributed by atoms with Crippen molar-refractivity contribution in [2.75, 3.05) is 36.0 Å². The molecule has 3 heterocycles. The Morgan fingerprint density at radius 2 is 1.81 bits per heavy atom. The lowest BCUT2D eigenvalue weighted by atomic mass is 9.65. The van der Waals surface area contributed by atoms with E-state index in [1.54, 1.807) is 17.9 Å². The van der Waals surface area contributed by atoms with Gasteiger partial charge in [-0.25, -0.2) is 0 Å². The van der Waals surface area contributed by atoms with E-state index in [4.69, 9.17) is 4.74 Å². The summed E-state index contributed by atoms with van der Waals surface area (Å²) in [6.45, 7) is 13.1. The third-order valence-corrected chi connectivity index (χ3v) is 8.73. The summed E-state index contributed by atoms with van der Waals surface area (Å²) in [6, 6.07) is 5.96. The van der Waals surface area contributed by atoms with E-state index < -0.39 is 47.0 Å². The van der Waals surface area contributed by atoms with Crippen LogP contribution in [0.15, 0.2) is 36.9 Å². The van der Waals surface area contributed by atoms with Crippen LogP contribution in [0.4, 0.5) is 11.4 Å². The van der Waals surface area contributed by atoms with Crippen molar-refractivity contribution in [3.63, 3.8) is 0 Å². The van der Waals surface area contributed by atoms with Crippen molar-refractivity contribution in [1.29, 1.82) is 0 Å². The van der Waals surface area contributed by atoms with Gasteiger partial charge in [-0.1, -0.05) is 13.0 Å². The zero-order chi connectivity index (χ0) is 27.1. The smallest absolute Gasteiger partial charge is 0.310 e. The number of aliphatic carboxylic acids is 1. The maximum absolute atomic E-state index is 14.4. The first kappa shape index (κ1) is 27.1. The largest absolute Gasteiger partial charge is 0.481 e. The molecule has 0 saturated carbocycles. The molecule has 3 aliphatic rings. The first-order valence-electron chi connectivity index (χ1n) is 13.3. The Kier molecular flexibility index (Phi) is 7.41. The average Bonchev–Trinajstić information content (AvgIpc) is 3.51. The minimum atomic E-state index is -1.25.